The van der Waals surface area contributed by atoms with Gasteiger partial charge in [0, 0.05) is 22.7 Å². The molecule has 4 rings (SSSR count). The highest BCUT2D eigenvalue weighted by molar-refractivity contribution is 6.30. The maximum Gasteiger partial charge on any atom is 0.313 e. The van der Waals surface area contributed by atoms with E-state index in [4.69, 9.17) is 25.6 Å². The lowest BCUT2D eigenvalue weighted by Gasteiger charge is -2.23. The van der Waals surface area contributed by atoms with Crippen molar-refractivity contribution in [2.45, 2.75) is 13.0 Å². The van der Waals surface area contributed by atoms with Crippen LogP contribution in [0.3, 0.4) is 0 Å². The molecule has 0 aliphatic carbocycles. The van der Waals surface area contributed by atoms with Gasteiger partial charge in [-0.1, -0.05) is 16.8 Å². The number of fused-ring (bicyclic) bond motifs is 1. The van der Waals surface area contributed by atoms with Gasteiger partial charge in [0.1, 0.15) is 12.4 Å². The van der Waals surface area contributed by atoms with E-state index in [0.717, 1.165) is 5.56 Å². The summed E-state index contributed by atoms with van der Waals surface area (Å²) in [5.41, 5.74) is 1.36. The van der Waals surface area contributed by atoms with Crippen LogP contribution >= 0.6 is 11.6 Å². The highest BCUT2D eigenvalue weighted by Crippen LogP contribution is 2.30. The average molecular weight is 416 g/mol. The van der Waals surface area contributed by atoms with Crippen LogP contribution < -0.4 is 4.74 Å². The van der Waals surface area contributed by atoms with Gasteiger partial charge in [0.05, 0.1) is 10.8 Å². The molecule has 2 aromatic carbocycles. The van der Waals surface area contributed by atoms with Gasteiger partial charge >= 0.3 is 5.97 Å². The van der Waals surface area contributed by atoms with Crippen molar-refractivity contribution in [1.29, 1.82) is 0 Å². The Bertz CT molecular complexity index is 1070. The summed E-state index contributed by atoms with van der Waals surface area (Å²) in [5, 5.41) is 15.1. The monoisotopic (exact) mass is 415 g/mol. The zero-order chi connectivity index (χ0) is 20.4. The minimum atomic E-state index is -0.494. The van der Waals surface area contributed by atoms with Gasteiger partial charge in [-0.15, -0.1) is 0 Å². The molecule has 2 heterocycles. The van der Waals surface area contributed by atoms with Crippen LogP contribution in [0.4, 0.5) is 5.69 Å². The molecule has 3 aromatic rings. The van der Waals surface area contributed by atoms with E-state index in [-0.39, 0.29) is 30.6 Å². The summed E-state index contributed by atoms with van der Waals surface area (Å²) >= 11 is 5.99. The Hall–Kier alpha value is -3.46. The quantitative estimate of drug-likeness (QED) is 0.352. The lowest BCUT2D eigenvalue weighted by atomic mass is 9.97. The fourth-order valence-electron chi connectivity index (χ4n) is 2.93. The predicted molar refractivity (Wildman–Crippen MR) is 100 cm³/mol. The van der Waals surface area contributed by atoms with Gasteiger partial charge < -0.3 is 14.0 Å². The Balaban J connectivity index is 1.36. The van der Waals surface area contributed by atoms with E-state index >= 15 is 0 Å². The first-order valence-corrected chi connectivity index (χ1v) is 9.02. The first-order chi connectivity index (χ1) is 14.0. The van der Waals surface area contributed by atoms with Gasteiger partial charge in [0.15, 0.2) is 6.61 Å². The Morgan fingerprint density at radius 2 is 2.07 bits per heavy atom. The molecule has 0 fully saturated rings. The molecule has 0 radical (unpaired) electrons. The van der Waals surface area contributed by atoms with E-state index in [9.17, 15) is 14.9 Å². The van der Waals surface area contributed by atoms with E-state index < -0.39 is 16.8 Å². The highest BCUT2D eigenvalue weighted by Gasteiger charge is 2.28. The zero-order valence-corrected chi connectivity index (χ0v) is 15.7. The number of esters is 1. The summed E-state index contributed by atoms with van der Waals surface area (Å²) < 4.78 is 16.0. The number of halogens is 1. The third-order valence-corrected chi connectivity index (χ3v) is 4.64. The normalized spacial score (nSPS) is 15.3. The van der Waals surface area contributed by atoms with Gasteiger partial charge in [0.25, 0.3) is 11.6 Å². The molecule has 1 aliphatic rings. The largest absolute Gasteiger partial charge is 0.492 e. The van der Waals surface area contributed by atoms with Crippen LogP contribution in [0.15, 0.2) is 47.0 Å². The molecule has 10 heteroatoms. The lowest BCUT2D eigenvalue weighted by Crippen LogP contribution is -2.29. The Morgan fingerprint density at radius 3 is 2.83 bits per heavy atom. The Morgan fingerprint density at radius 1 is 1.28 bits per heavy atom. The van der Waals surface area contributed by atoms with Crippen molar-refractivity contribution in [3.63, 3.8) is 0 Å². The second kappa shape index (κ2) is 7.88. The molecule has 0 N–H and O–H groups in total. The number of aromatic nitrogens is 2. The number of carbonyl (C=O) groups excluding carboxylic acids is 1. The van der Waals surface area contributed by atoms with Gasteiger partial charge in [-0.05, 0) is 42.3 Å². The van der Waals surface area contributed by atoms with E-state index in [0.29, 0.717) is 22.8 Å². The molecular weight excluding hydrogens is 402 g/mol. The first kappa shape index (κ1) is 18.9. The summed E-state index contributed by atoms with van der Waals surface area (Å²) in [6.07, 6.45) is 0.465. The fourth-order valence-corrected chi connectivity index (χ4v) is 3.12. The highest BCUT2D eigenvalue weighted by atomic mass is 35.5. The minimum Gasteiger partial charge on any atom is -0.492 e. The topological polar surface area (TPSA) is 118 Å². The van der Waals surface area contributed by atoms with Crippen LogP contribution in [-0.4, -0.2) is 27.6 Å². The Kier molecular flexibility index (Phi) is 5.13. The third-order valence-electron chi connectivity index (χ3n) is 4.40. The second-order valence-corrected chi connectivity index (χ2v) is 6.82. The van der Waals surface area contributed by atoms with Crippen LogP contribution in [0.2, 0.25) is 5.02 Å². The van der Waals surface area contributed by atoms with Crippen LogP contribution in [0, 0.1) is 16.0 Å². The van der Waals surface area contributed by atoms with Crippen molar-refractivity contribution in [1.82, 2.24) is 10.1 Å². The van der Waals surface area contributed by atoms with E-state index in [1.807, 2.05) is 0 Å². The molecule has 0 bridgehead atoms. The van der Waals surface area contributed by atoms with Crippen molar-refractivity contribution < 1.29 is 23.7 Å². The number of ether oxygens (including phenoxy) is 2. The van der Waals surface area contributed by atoms with Gasteiger partial charge in [-0.3, -0.25) is 14.9 Å². The molecule has 9 nitrogen and oxygen atoms in total. The average Bonchev–Trinajstić information content (AvgIpc) is 3.20. The maximum absolute atomic E-state index is 12.4. The fraction of sp³-hybridized carbons (Fsp3) is 0.211. The van der Waals surface area contributed by atoms with Crippen molar-refractivity contribution in [2.75, 3.05) is 6.61 Å². The number of benzene rings is 2. The minimum absolute atomic E-state index is 0.0380. The molecular formula is C19H14ClN3O6. The molecule has 1 unspecified atom stereocenters. The number of nitro groups is 1. The summed E-state index contributed by atoms with van der Waals surface area (Å²) in [6.45, 7) is 0.0308. The molecule has 0 saturated carbocycles. The Labute approximate surface area is 169 Å². The van der Waals surface area contributed by atoms with Crippen molar-refractivity contribution in [3.8, 4) is 17.1 Å². The zero-order valence-electron chi connectivity index (χ0n) is 14.9. The van der Waals surface area contributed by atoms with Gasteiger partial charge in [0.2, 0.25) is 5.82 Å². The van der Waals surface area contributed by atoms with Crippen LogP contribution in [-0.2, 0) is 22.6 Å². The van der Waals surface area contributed by atoms with Crippen LogP contribution in [0.1, 0.15) is 11.5 Å². The van der Waals surface area contributed by atoms with Crippen molar-refractivity contribution in [3.05, 3.63) is 69.1 Å². The van der Waals surface area contributed by atoms with Crippen molar-refractivity contribution >= 4 is 23.3 Å². The molecule has 1 aromatic heterocycles. The van der Waals surface area contributed by atoms with Crippen LogP contribution in [0.5, 0.6) is 5.75 Å². The van der Waals surface area contributed by atoms with Gasteiger partial charge in [-0.2, -0.15) is 4.98 Å². The molecule has 0 spiro atoms. The lowest BCUT2D eigenvalue weighted by molar-refractivity contribution is -0.384. The van der Waals surface area contributed by atoms with E-state index in [1.54, 1.807) is 18.2 Å². The first-order valence-electron chi connectivity index (χ1n) is 8.65. The SMILES string of the molecule is O=C(OCc1nc(-c2ccc([N+](=O)[O-])cc2)no1)C1COc2ccc(Cl)cc2C1. The van der Waals surface area contributed by atoms with Crippen LogP contribution in [0.25, 0.3) is 11.4 Å². The standard InChI is InChI=1S/C19H14ClN3O6/c20-14-3-6-16-12(8-14)7-13(9-27-16)19(24)28-10-17-21-18(22-29-17)11-1-4-15(5-2-11)23(25)26/h1-6,8,13H,7,9-10H2. The number of rotatable bonds is 5. The summed E-state index contributed by atoms with van der Waals surface area (Å²) in [7, 11) is 0. The van der Waals surface area contributed by atoms with Crippen molar-refractivity contribution in [2.24, 2.45) is 5.92 Å². The van der Waals surface area contributed by atoms with E-state index in [1.165, 1.54) is 24.3 Å². The van der Waals surface area contributed by atoms with E-state index in [2.05, 4.69) is 10.1 Å². The smallest absolute Gasteiger partial charge is 0.313 e. The summed E-state index contributed by atoms with van der Waals surface area (Å²) in [6, 6.07) is 11.0. The number of hydrogen-bond donors (Lipinski definition) is 0. The molecule has 1 aliphatic heterocycles. The molecule has 148 valence electrons. The maximum atomic E-state index is 12.4. The molecule has 0 amide bonds. The number of nitrogens with zero attached hydrogens (tertiary/aromatic N) is 3. The third kappa shape index (κ3) is 4.19. The number of hydrogen-bond acceptors (Lipinski definition) is 8. The number of non-ortho nitro benzene ring substituents is 1. The second-order valence-electron chi connectivity index (χ2n) is 6.39. The molecule has 29 heavy (non-hydrogen) atoms. The molecule has 0 saturated heterocycles. The summed E-state index contributed by atoms with van der Waals surface area (Å²) in [4.78, 5) is 26.7. The number of carbonyl (C=O) groups is 1. The number of nitro benzene ring substituents is 1. The van der Waals surface area contributed by atoms with Gasteiger partial charge in [-0.25, -0.2) is 0 Å². The summed E-state index contributed by atoms with van der Waals surface area (Å²) in [5.74, 6) is 0.175. The molecule has 1 atom stereocenters. The predicted octanol–water partition coefficient (Wildman–Crippen LogP) is 3.59.